The molecule has 1 aromatic heterocycles. The summed E-state index contributed by atoms with van der Waals surface area (Å²) in [6.07, 6.45) is 4.88. The molecule has 30 heavy (non-hydrogen) atoms. The van der Waals surface area contributed by atoms with E-state index in [2.05, 4.69) is 5.32 Å². The van der Waals surface area contributed by atoms with Crippen LogP contribution in [0.25, 0.3) is 0 Å². The minimum absolute atomic E-state index is 0.104. The first kappa shape index (κ1) is 21.1. The van der Waals surface area contributed by atoms with Gasteiger partial charge in [0.25, 0.3) is 0 Å². The SMILES string of the molecule is CCN[C@H]1C[C@@H](C(=O)OC)[C@]2(C)CC[C@H]3C(=O)O[C@@H](c4ccoc4)C[C@]3(C)[C@H]2C1=O. The van der Waals surface area contributed by atoms with Crippen LogP contribution in [0.3, 0.4) is 0 Å². The standard InChI is InChI=1S/C23H31NO6/c1-5-24-16-10-15(20(26)28-4)22(2)8-6-14-21(27)30-17(13-7-9-29-12-13)11-23(14,3)19(22)18(16)25/h7,9,12,14-17,19,24H,5-6,8,10-11H2,1-4H3/t14-,15-,16-,17+,19-,22-,23-/m0/s1. The normalized spacial score (nSPS) is 40.9. The van der Waals surface area contributed by atoms with E-state index in [1.165, 1.54) is 7.11 Å². The average Bonchev–Trinajstić information content (AvgIpc) is 3.23. The molecule has 4 rings (SSSR count). The van der Waals surface area contributed by atoms with Crippen LogP contribution in [0.15, 0.2) is 23.0 Å². The van der Waals surface area contributed by atoms with Gasteiger partial charge in [-0.25, -0.2) is 0 Å². The van der Waals surface area contributed by atoms with Crippen LogP contribution in [0, 0.1) is 28.6 Å². The first-order valence-electron chi connectivity index (χ1n) is 10.8. The molecule has 3 fully saturated rings. The fraction of sp³-hybridized carbons (Fsp3) is 0.696. The van der Waals surface area contributed by atoms with Crippen molar-refractivity contribution in [1.29, 1.82) is 0 Å². The Labute approximate surface area is 176 Å². The van der Waals surface area contributed by atoms with Crippen molar-refractivity contribution in [3.63, 3.8) is 0 Å². The number of hydrogen-bond donors (Lipinski definition) is 1. The van der Waals surface area contributed by atoms with E-state index in [9.17, 15) is 14.4 Å². The van der Waals surface area contributed by atoms with Crippen LogP contribution in [-0.4, -0.2) is 37.4 Å². The number of likely N-dealkylation sites (N-methyl/N-ethyl adjacent to an activating group) is 1. The quantitative estimate of drug-likeness (QED) is 0.753. The number of rotatable bonds is 4. The van der Waals surface area contributed by atoms with E-state index >= 15 is 0 Å². The van der Waals surface area contributed by atoms with E-state index in [4.69, 9.17) is 13.9 Å². The molecule has 164 valence electrons. The number of nitrogens with one attached hydrogen (secondary N) is 1. The number of ether oxygens (including phenoxy) is 2. The Morgan fingerprint density at radius 3 is 2.70 bits per heavy atom. The third-order valence-corrected chi connectivity index (χ3v) is 8.00. The summed E-state index contributed by atoms with van der Waals surface area (Å²) < 4.78 is 16.1. The highest BCUT2D eigenvalue weighted by atomic mass is 16.5. The molecule has 2 saturated carbocycles. The zero-order chi connectivity index (χ0) is 21.7. The molecular weight excluding hydrogens is 386 g/mol. The Morgan fingerprint density at radius 1 is 1.30 bits per heavy atom. The number of ketones is 1. The molecule has 7 atom stereocenters. The van der Waals surface area contributed by atoms with Crippen LogP contribution in [0.4, 0.5) is 0 Å². The number of cyclic esters (lactones) is 1. The molecule has 1 aromatic rings. The van der Waals surface area contributed by atoms with Crippen molar-refractivity contribution in [3.05, 3.63) is 24.2 Å². The Morgan fingerprint density at radius 2 is 2.07 bits per heavy atom. The van der Waals surface area contributed by atoms with Crippen molar-refractivity contribution < 1.29 is 28.3 Å². The van der Waals surface area contributed by atoms with Crippen LogP contribution in [0.1, 0.15) is 58.1 Å². The molecule has 0 unspecified atom stereocenters. The van der Waals surface area contributed by atoms with Crippen molar-refractivity contribution in [3.8, 4) is 0 Å². The summed E-state index contributed by atoms with van der Waals surface area (Å²) in [6.45, 7) is 6.65. The molecular formula is C23H31NO6. The summed E-state index contributed by atoms with van der Waals surface area (Å²) in [7, 11) is 1.40. The van der Waals surface area contributed by atoms with Crippen molar-refractivity contribution in [2.24, 2.45) is 28.6 Å². The lowest BCUT2D eigenvalue weighted by Crippen LogP contribution is -2.66. The first-order chi connectivity index (χ1) is 14.3. The van der Waals surface area contributed by atoms with Crippen LogP contribution in [0.5, 0.6) is 0 Å². The van der Waals surface area contributed by atoms with E-state index in [1.54, 1.807) is 18.6 Å². The zero-order valence-corrected chi connectivity index (χ0v) is 18.1. The van der Waals surface area contributed by atoms with E-state index < -0.39 is 34.8 Å². The highest BCUT2D eigenvalue weighted by Crippen LogP contribution is 2.64. The van der Waals surface area contributed by atoms with Gasteiger partial charge in [0.2, 0.25) is 0 Å². The lowest BCUT2D eigenvalue weighted by Gasteiger charge is -2.61. The van der Waals surface area contributed by atoms with Gasteiger partial charge in [0.15, 0.2) is 5.78 Å². The monoisotopic (exact) mass is 417 g/mol. The van der Waals surface area contributed by atoms with Gasteiger partial charge in [0.05, 0.1) is 37.5 Å². The molecule has 7 nitrogen and oxygen atoms in total. The Kier molecular flexibility index (Phi) is 5.29. The minimum atomic E-state index is -0.609. The smallest absolute Gasteiger partial charge is 0.310 e. The highest BCUT2D eigenvalue weighted by molar-refractivity contribution is 5.92. The number of esters is 2. The maximum absolute atomic E-state index is 13.8. The van der Waals surface area contributed by atoms with Gasteiger partial charge < -0.3 is 19.2 Å². The molecule has 2 aliphatic carbocycles. The molecule has 3 aliphatic rings. The molecule has 1 aliphatic heterocycles. The summed E-state index contributed by atoms with van der Waals surface area (Å²) >= 11 is 0. The Balaban J connectivity index is 1.79. The average molecular weight is 418 g/mol. The van der Waals surface area contributed by atoms with E-state index in [1.807, 2.05) is 20.8 Å². The molecule has 2 heterocycles. The molecule has 0 spiro atoms. The third-order valence-electron chi connectivity index (χ3n) is 8.00. The van der Waals surface area contributed by atoms with Crippen molar-refractivity contribution >= 4 is 17.7 Å². The van der Waals surface area contributed by atoms with Gasteiger partial charge in [0, 0.05) is 11.5 Å². The van der Waals surface area contributed by atoms with Gasteiger partial charge in [-0.2, -0.15) is 0 Å². The molecule has 1 N–H and O–H groups in total. The molecule has 0 radical (unpaired) electrons. The van der Waals surface area contributed by atoms with Gasteiger partial charge in [-0.1, -0.05) is 20.8 Å². The Hall–Kier alpha value is -2.15. The van der Waals surface area contributed by atoms with E-state index in [-0.39, 0.29) is 23.6 Å². The predicted molar refractivity (Wildman–Crippen MR) is 107 cm³/mol. The van der Waals surface area contributed by atoms with Gasteiger partial charge in [0.1, 0.15) is 6.10 Å². The van der Waals surface area contributed by atoms with E-state index in [0.717, 1.165) is 5.56 Å². The lowest BCUT2D eigenvalue weighted by atomic mass is 9.43. The maximum atomic E-state index is 13.8. The van der Waals surface area contributed by atoms with Gasteiger partial charge in [-0.05, 0) is 49.1 Å². The number of carbonyl (C=O) groups excluding carboxylic acids is 3. The van der Waals surface area contributed by atoms with Crippen molar-refractivity contribution in [1.82, 2.24) is 5.32 Å². The second kappa shape index (κ2) is 7.52. The fourth-order valence-electron chi connectivity index (χ4n) is 6.62. The van der Waals surface area contributed by atoms with Crippen molar-refractivity contribution in [2.45, 2.75) is 58.6 Å². The van der Waals surface area contributed by atoms with E-state index in [0.29, 0.717) is 32.2 Å². The highest BCUT2D eigenvalue weighted by Gasteiger charge is 2.67. The topological polar surface area (TPSA) is 94.8 Å². The number of hydrogen-bond acceptors (Lipinski definition) is 7. The molecule has 0 bridgehead atoms. The van der Waals surface area contributed by atoms with Crippen LogP contribution < -0.4 is 5.32 Å². The molecule has 1 saturated heterocycles. The minimum Gasteiger partial charge on any atom is -0.472 e. The number of Topliss-reactive ketones (excluding diaryl/α,β-unsaturated/α-hetero) is 1. The molecule has 0 aromatic carbocycles. The van der Waals surface area contributed by atoms with Crippen molar-refractivity contribution in [2.75, 3.05) is 13.7 Å². The van der Waals surface area contributed by atoms with Gasteiger partial charge >= 0.3 is 11.9 Å². The number of methoxy groups -OCH3 is 1. The molecule has 0 amide bonds. The maximum Gasteiger partial charge on any atom is 0.310 e. The fourth-order valence-corrected chi connectivity index (χ4v) is 6.62. The van der Waals surface area contributed by atoms with Crippen LogP contribution in [-0.2, 0) is 23.9 Å². The third kappa shape index (κ3) is 3.01. The predicted octanol–water partition coefficient (Wildman–Crippen LogP) is 3.05. The number of furan rings is 1. The first-order valence-corrected chi connectivity index (χ1v) is 10.8. The molecule has 7 heteroatoms. The van der Waals surface area contributed by atoms with Crippen LogP contribution >= 0.6 is 0 Å². The summed E-state index contributed by atoms with van der Waals surface area (Å²) in [5.41, 5.74) is -0.368. The summed E-state index contributed by atoms with van der Waals surface area (Å²) in [4.78, 5) is 39.6. The second-order valence-electron chi connectivity index (χ2n) is 9.55. The zero-order valence-electron chi connectivity index (χ0n) is 18.1. The number of fused-ring (bicyclic) bond motifs is 3. The van der Waals surface area contributed by atoms with Gasteiger partial charge in [-0.15, -0.1) is 0 Å². The number of carbonyl (C=O) groups is 3. The largest absolute Gasteiger partial charge is 0.472 e. The second-order valence-corrected chi connectivity index (χ2v) is 9.55. The summed E-state index contributed by atoms with van der Waals surface area (Å²) in [5.74, 6) is -1.62. The Bertz CT molecular complexity index is 835. The van der Waals surface area contributed by atoms with Crippen LogP contribution in [0.2, 0.25) is 0 Å². The summed E-state index contributed by atoms with van der Waals surface area (Å²) in [5, 5.41) is 3.27. The lowest BCUT2D eigenvalue weighted by molar-refractivity contribution is -0.203. The van der Waals surface area contributed by atoms with Gasteiger partial charge in [-0.3, -0.25) is 14.4 Å². The summed E-state index contributed by atoms with van der Waals surface area (Å²) in [6, 6.07) is 1.38.